The maximum absolute atomic E-state index is 9.58. The van der Waals surface area contributed by atoms with Crippen LogP contribution in [0.5, 0.6) is 11.5 Å². The van der Waals surface area contributed by atoms with Crippen LogP contribution in [-0.4, -0.2) is 62.7 Å². The predicted octanol–water partition coefficient (Wildman–Crippen LogP) is 4.30. The number of hydrogen-bond donors (Lipinski definition) is 1. The first kappa shape index (κ1) is 24.0. The number of hydrogen-bond acceptors (Lipinski definition) is 6. The van der Waals surface area contributed by atoms with Crippen molar-refractivity contribution in [3.63, 3.8) is 0 Å². The van der Waals surface area contributed by atoms with Crippen molar-refractivity contribution in [3.05, 3.63) is 59.7 Å². The number of methoxy groups -OCH3 is 2. The molecular weight excluding hydrogens is 404 g/mol. The van der Waals surface area contributed by atoms with E-state index in [0.717, 1.165) is 23.6 Å². The lowest BCUT2D eigenvalue weighted by Crippen LogP contribution is -2.33. The van der Waals surface area contributed by atoms with Crippen LogP contribution in [0.2, 0.25) is 0 Å². The molecule has 1 heterocycles. The standard InChI is InChI=1S/C26H34N2O4/c1-18(28-25-16-27-14-13-26(25)32-17-19(2)29)15-24(20-5-9-22(30-3)10-6-20)21-7-11-23(31-4)12-8-21/h5-12,14,18-19,24,26,29H,13,15-17H2,1-4H3. The predicted molar refractivity (Wildman–Crippen MR) is 129 cm³/mol. The number of ether oxygens (including phenoxy) is 3. The Morgan fingerprint density at radius 3 is 2.03 bits per heavy atom. The van der Waals surface area contributed by atoms with Crippen LogP contribution in [0.25, 0.3) is 0 Å². The van der Waals surface area contributed by atoms with Gasteiger partial charge in [0.1, 0.15) is 17.6 Å². The van der Waals surface area contributed by atoms with E-state index in [0.29, 0.717) is 19.6 Å². The van der Waals surface area contributed by atoms with E-state index < -0.39 is 6.10 Å². The van der Waals surface area contributed by atoms with Gasteiger partial charge in [0.2, 0.25) is 0 Å². The third-order valence-electron chi connectivity index (χ3n) is 5.61. The molecule has 0 aromatic heterocycles. The Morgan fingerprint density at radius 2 is 1.53 bits per heavy atom. The van der Waals surface area contributed by atoms with Gasteiger partial charge in [-0.3, -0.25) is 9.98 Å². The van der Waals surface area contributed by atoms with Crippen molar-refractivity contribution < 1.29 is 19.3 Å². The van der Waals surface area contributed by atoms with Gasteiger partial charge < -0.3 is 19.3 Å². The molecule has 3 unspecified atom stereocenters. The SMILES string of the molecule is COc1ccc(C(CC(C)N=C2CN=CCC2OCC(C)O)c2ccc(OC)cc2)cc1. The molecule has 172 valence electrons. The van der Waals surface area contributed by atoms with Gasteiger partial charge in [-0.1, -0.05) is 24.3 Å². The second kappa shape index (κ2) is 11.8. The lowest BCUT2D eigenvalue weighted by atomic mass is 9.86. The van der Waals surface area contributed by atoms with Gasteiger partial charge in [-0.15, -0.1) is 0 Å². The zero-order valence-corrected chi connectivity index (χ0v) is 19.4. The molecule has 1 N–H and O–H groups in total. The lowest BCUT2D eigenvalue weighted by Gasteiger charge is -2.25. The summed E-state index contributed by atoms with van der Waals surface area (Å²) < 4.78 is 16.6. The highest BCUT2D eigenvalue weighted by atomic mass is 16.5. The van der Waals surface area contributed by atoms with Gasteiger partial charge in [-0.2, -0.15) is 0 Å². The van der Waals surface area contributed by atoms with E-state index in [2.05, 4.69) is 36.2 Å². The van der Waals surface area contributed by atoms with Crippen LogP contribution in [0.15, 0.2) is 58.5 Å². The van der Waals surface area contributed by atoms with Crippen molar-refractivity contribution in [2.24, 2.45) is 9.98 Å². The lowest BCUT2D eigenvalue weighted by molar-refractivity contribution is 0.0270. The topological polar surface area (TPSA) is 72.6 Å². The fourth-order valence-corrected chi connectivity index (χ4v) is 3.92. The molecule has 6 heteroatoms. The van der Waals surface area contributed by atoms with Crippen molar-refractivity contribution >= 4 is 11.9 Å². The highest BCUT2D eigenvalue weighted by Crippen LogP contribution is 2.32. The molecule has 0 amide bonds. The molecule has 1 aliphatic heterocycles. The molecule has 6 nitrogen and oxygen atoms in total. The van der Waals surface area contributed by atoms with Gasteiger partial charge in [0.25, 0.3) is 0 Å². The molecule has 2 aromatic rings. The van der Waals surface area contributed by atoms with E-state index in [4.69, 9.17) is 19.2 Å². The zero-order chi connectivity index (χ0) is 22.9. The zero-order valence-electron chi connectivity index (χ0n) is 19.4. The van der Waals surface area contributed by atoms with Gasteiger partial charge in [-0.05, 0) is 55.7 Å². The Morgan fingerprint density at radius 1 is 0.969 bits per heavy atom. The highest BCUT2D eigenvalue weighted by Gasteiger charge is 2.23. The fourth-order valence-electron chi connectivity index (χ4n) is 3.92. The number of rotatable bonds is 10. The average Bonchev–Trinajstić information content (AvgIpc) is 2.82. The van der Waals surface area contributed by atoms with Gasteiger partial charge >= 0.3 is 0 Å². The van der Waals surface area contributed by atoms with Gasteiger partial charge in [-0.25, -0.2) is 0 Å². The van der Waals surface area contributed by atoms with Crippen molar-refractivity contribution in [2.75, 3.05) is 27.4 Å². The molecule has 32 heavy (non-hydrogen) atoms. The maximum Gasteiger partial charge on any atom is 0.118 e. The molecule has 0 radical (unpaired) electrons. The van der Waals surface area contributed by atoms with Crippen molar-refractivity contribution in [2.45, 2.75) is 50.9 Å². The summed E-state index contributed by atoms with van der Waals surface area (Å²) in [5.74, 6) is 1.86. The summed E-state index contributed by atoms with van der Waals surface area (Å²) in [6.45, 7) is 4.71. The van der Waals surface area contributed by atoms with Crippen LogP contribution in [0.3, 0.4) is 0 Å². The molecule has 3 rings (SSSR count). The molecule has 0 fully saturated rings. The molecule has 0 aliphatic carbocycles. The minimum atomic E-state index is -0.498. The Bertz CT molecular complexity index is 844. The maximum atomic E-state index is 9.58. The van der Waals surface area contributed by atoms with Crippen LogP contribution >= 0.6 is 0 Å². The second-order valence-electron chi connectivity index (χ2n) is 8.23. The van der Waals surface area contributed by atoms with Crippen LogP contribution in [0, 0.1) is 0 Å². The Hall–Kier alpha value is -2.70. The monoisotopic (exact) mass is 438 g/mol. The van der Waals surface area contributed by atoms with Gasteiger partial charge in [0.05, 0.1) is 39.2 Å². The van der Waals surface area contributed by atoms with Crippen molar-refractivity contribution in [1.82, 2.24) is 0 Å². The van der Waals surface area contributed by atoms with Gasteiger partial charge in [0.15, 0.2) is 0 Å². The molecule has 0 saturated heterocycles. The summed E-state index contributed by atoms with van der Waals surface area (Å²) >= 11 is 0. The van der Waals surface area contributed by atoms with Crippen LogP contribution in [-0.2, 0) is 4.74 Å². The number of aliphatic hydroxyl groups excluding tert-OH is 1. The van der Waals surface area contributed by atoms with E-state index in [1.54, 1.807) is 21.1 Å². The van der Waals surface area contributed by atoms with E-state index in [-0.39, 0.29) is 18.1 Å². The Kier molecular flexibility index (Phi) is 8.82. The highest BCUT2D eigenvalue weighted by molar-refractivity contribution is 5.95. The fraction of sp³-hybridized carbons (Fsp3) is 0.462. The first-order valence-corrected chi connectivity index (χ1v) is 11.1. The molecule has 0 bridgehead atoms. The molecule has 0 saturated carbocycles. The van der Waals surface area contributed by atoms with Gasteiger partial charge in [0, 0.05) is 24.6 Å². The van der Waals surface area contributed by atoms with E-state index >= 15 is 0 Å². The number of nitrogens with zero attached hydrogens (tertiary/aromatic N) is 2. The van der Waals surface area contributed by atoms with E-state index in [1.165, 1.54) is 11.1 Å². The molecule has 1 aliphatic rings. The minimum absolute atomic E-state index is 0.0742. The molecular formula is C26H34N2O4. The Labute approximate surface area is 191 Å². The summed E-state index contributed by atoms with van der Waals surface area (Å²) in [4.78, 5) is 9.40. The second-order valence-corrected chi connectivity index (χ2v) is 8.23. The number of aliphatic hydroxyl groups is 1. The quantitative estimate of drug-likeness (QED) is 0.600. The largest absolute Gasteiger partial charge is 0.497 e. The summed E-state index contributed by atoms with van der Waals surface area (Å²) in [6, 6.07) is 16.5. The third kappa shape index (κ3) is 6.65. The summed E-state index contributed by atoms with van der Waals surface area (Å²) in [6.07, 6.45) is 2.80. The summed E-state index contributed by atoms with van der Waals surface area (Å²) in [7, 11) is 3.35. The Balaban J connectivity index is 1.82. The van der Waals surface area contributed by atoms with E-state index in [9.17, 15) is 5.11 Å². The number of benzene rings is 2. The summed E-state index contributed by atoms with van der Waals surface area (Å²) in [5, 5.41) is 9.58. The van der Waals surface area contributed by atoms with Crippen LogP contribution < -0.4 is 9.47 Å². The van der Waals surface area contributed by atoms with Crippen LogP contribution in [0.4, 0.5) is 0 Å². The third-order valence-corrected chi connectivity index (χ3v) is 5.61. The first-order valence-electron chi connectivity index (χ1n) is 11.1. The molecule has 0 spiro atoms. The normalized spacial score (nSPS) is 19.2. The van der Waals surface area contributed by atoms with Crippen LogP contribution in [0.1, 0.15) is 43.7 Å². The molecule has 2 aromatic carbocycles. The van der Waals surface area contributed by atoms with Crippen molar-refractivity contribution in [3.8, 4) is 11.5 Å². The molecule has 3 atom stereocenters. The summed E-state index contributed by atoms with van der Waals surface area (Å²) in [5.41, 5.74) is 3.38. The first-order chi connectivity index (χ1) is 15.5. The average molecular weight is 439 g/mol. The van der Waals surface area contributed by atoms with E-state index in [1.807, 2.05) is 30.5 Å². The van der Waals surface area contributed by atoms with Crippen molar-refractivity contribution in [1.29, 1.82) is 0 Å². The number of aliphatic imine (C=N–C) groups is 2. The minimum Gasteiger partial charge on any atom is -0.497 e. The smallest absolute Gasteiger partial charge is 0.118 e.